The predicted molar refractivity (Wildman–Crippen MR) is 135 cm³/mol. The van der Waals surface area contributed by atoms with Crippen LogP contribution in [0.1, 0.15) is 52.4 Å². The zero-order chi connectivity index (χ0) is 23.8. The van der Waals surface area contributed by atoms with E-state index >= 15 is 0 Å². The summed E-state index contributed by atoms with van der Waals surface area (Å²) in [4.78, 5) is 22.7. The summed E-state index contributed by atoms with van der Waals surface area (Å²) in [7, 11) is 0. The van der Waals surface area contributed by atoms with E-state index in [-0.39, 0.29) is 41.0 Å². The highest BCUT2D eigenvalue weighted by Crippen LogP contribution is 2.39. The predicted octanol–water partition coefficient (Wildman–Crippen LogP) is 1.76. The Balaban J connectivity index is 1.74. The largest absolute Gasteiger partial charge is 0.367 e. The maximum Gasteiger partial charge on any atom is 0.228 e. The normalized spacial score (nSPS) is 36.7. The van der Waals surface area contributed by atoms with Gasteiger partial charge in [-0.1, -0.05) is 32.4 Å². The Bertz CT molecular complexity index is 730. The fraction of sp³-hybridized carbons (Fsp3) is 0.792. The van der Waals surface area contributed by atoms with Crippen molar-refractivity contribution in [1.82, 2.24) is 10.6 Å². The monoisotopic (exact) mass is 480 g/mol. The third kappa shape index (κ3) is 7.59. The van der Waals surface area contributed by atoms with Crippen LogP contribution < -0.4 is 22.1 Å². The van der Waals surface area contributed by atoms with Gasteiger partial charge >= 0.3 is 0 Å². The minimum atomic E-state index is -0.830. The molecule has 0 spiro atoms. The van der Waals surface area contributed by atoms with Crippen LogP contribution in [0.15, 0.2) is 22.1 Å². The Kier molecular flexibility index (Phi) is 9.88. The number of nitrogens with two attached hydrogens (primary N) is 2. The minimum absolute atomic E-state index is 0.0205. The first-order valence-corrected chi connectivity index (χ1v) is 12.7. The van der Waals surface area contributed by atoms with Crippen LogP contribution in [0.2, 0.25) is 0 Å². The lowest BCUT2D eigenvalue weighted by Gasteiger charge is -2.38. The van der Waals surface area contributed by atoms with E-state index in [1.165, 1.54) is 0 Å². The van der Waals surface area contributed by atoms with Gasteiger partial charge in [0.05, 0.1) is 48.3 Å². The zero-order valence-corrected chi connectivity index (χ0v) is 20.7. The molecule has 7 atom stereocenters. The van der Waals surface area contributed by atoms with Crippen molar-refractivity contribution in [3.63, 3.8) is 0 Å². The van der Waals surface area contributed by atoms with E-state index in [4.69, 9.17) is 32.8 Å². The second-order valence-electron chi connectivity index (χ2n) is 9.99. The first-order valence-electron chi connectivity index (χ1n) is 12.3. The number of alkyl halides is 1. The molecule has 7 unspecified atom stereocenters. The van der Waals surface area contributed by atoms with Gasteiger partial charge in [0.25, 0.3) is 0 Å². The Morgan fingerprint density at radius 1 is 1.42 bits per heavy atom. The molecule has 0 aromatic carbocycles. The topological polar surface area (TPSA) is 127 Å². The average molecular weight is 481 g/mol. The number of nitrogens with zero attached hydrogens (tertiary/aromatic N) is 2. The van der Waals surface area contributed by atoms with Gasteiger partial charge in [0, 0.05) is 31.9 Å². The summed E-state index contributed by atoms with van der Waals surface area (Å²) < 4.78 is 6.28. The van der Waals surface area contributed by atoms with Crippen LogP contribution in [0.25, 0.3) is 0 Å². The van der Waals surface area contributed by atoms with Gasteiger partial charge in [-0.15, -0.1) is 11.6 Å². The Morgan fingerprint density at radius 3 is 2.94 bits per heavy atom. The molecule has 0 radical (unpaired) electrons. The van der Waals surface area contributed by atoms with Crippen molar-refractivity contribution in [1.29, 1.82) is 0 Å². The number of carbonyl (C=O) groups excluding carboxylic acids is 1. The van der Waals surface area contributed by atoms with Gasteiger partial charge in [0.1, 0.15) is 0 Å². The van der Waals surface area contributed by atoms with E-state index in [1.54, 1.807) is 6.21 Å². The van der Waals surface area contributed by atoms with Crippen molar-refractivity contribution >= 4 is 29.9 Å². The van der Waals surface area contributed by atoms with Crippen molar-refractivity contribution in [2.45, 2.75) is 88.2 Å². The Morgan fingerprint density at radius 2 is 2.24 bits per heavy atom. The van der Waals surface area contributed by atoms with Crippen LogP contribution in [0, 0.1) is 11.3 Å². The number of carbonyl (C=O) groups is 1. The summed E-state index contributed by atoms with van der Waals surface area (Å²) in [6.45, 7) is 6.52. The molecule has 0 aromatic heterocycles. The number of rotatable bonds is 8. The van der Waals surface area contributed by atoms with E-state index in [0.29, 0.717) is 13.0 Å². The van der Waals surface area contributed by atoms with Crippen LogP contribution in [-0.2, 0) is 9.53 Å². The summed E-state index contributed by atoms with van der Waals surface area (Å²) in [5, 5.41) is 6.30. The fourth-order valence-electron chi connectivity index (χ4n) is 5.21. The SMILES string of the molecule is CCCC1(C)CCC(Cl)/C=N\C(C(C(=O)NC2CN=CCC2OC2C=CCNC2)C(N)N)C1. The molecule has 186 valence electrons. The van der Waals surface area contributed by atoms with Crippen molar-refractivity contribution < 1.29 is 9.53 Å². The Hall–Kier alpha value is -1.32. The standard InChI is InChI=1S/C24H41ClN6O2/c1-3-8-24(2)9-6-16(25)13-30-18(12-24)21(22(26)27)23(32)31-19-15-29-11-7-20(19)33-17-5-4-10-28-14-17/h4-5,11,13,16-22,28H,3,6-10,12,14-15,26-27H2,1-2H3,(H,31,32)/b30-13-. The number of amides is 1. The summed E-state index contributed by atoms with van der Waals surface area (Å²) in [6.07, 6.45) is 12.1. The van der Waals surface area contributed by atoms with Crippen molar-refractivity contribution in [2.24, 2.45) is 32.8 Å². The summed E-state index contributed by atoms with van der Waals surface area (Å²) >= 11 is 6.46. The third-order valence-electron chi connectivity index (χ3n) is 7.00. The van der Waals surface area contributed by atoms with Crippen LogP contribution in [0.3, 0.4) is 0 Å². The van der Waals surface area contributed by atoms with E-state index < -0.39 is 12.1 Å². The summed E-state index contributed by atoms with van der Waals surface area (Å²) in [6, 6.07) is -0.556. The van der Waals surface area contributed by atoms with Gasteiger partial charge < -0.3 is 26.8 Å². The van der Waals surface area contributed by atoms with Gasteiger partial charge in [-0.05, 0) is 31.1 Å². The molecular weight excluding hydrogens is 440 g/mol. The highest BCUT2D eigenvalue weighted by molar-refractivity contribution is 6.28. The lowest BCUT2D eigenvalue weighted by molar-refractivity contribution is -0.128. The second kappa shape index (κ2) is 12.4. The lowest BCUT2D eigenvalue weighted by Crippen LogP contribution is -2.58. The number of hydrogen-bond donors (Lipinski definition) is 4. The molecule has 3 aliphatic rings. The molecule has 0 fully saturated rings. The number of halogens is 1. The molecule has 3 rings (SSSR count). The quantitative estimate of drug-likeness (QED) is 0.239. The average Bonchev–Trinajstić information content (AvgIpc) is 2.77. The smallest absolute Gasteiger partial charge is 0.228 e. The van der Waals surface area contributed by atoms with Crippen LogP contribution in [0.5, 0.6) is 0 Å². The van der Waals surface area contributed by atoms with Crippen molar-refractivity contribution in [2.75, 3.05) is 19.6 Å². The molecule has 0 saturated heterocycles. The third-order valence-corrected chi connectivity index (χ3v) is 7.33. The van der Waals surface area contributed by atoms with Gasteiger partial charge in [-0.3, -0.25) is 14.8 Å². The van der Waals surface area contributed by atoms with E-state index in [9.17, 15) is 4.79 Å². The molecule has 3 aliphatic heterocycles. The fourth-order valence-corrected chi connectivity index (χ4v) is 5.39. The van der Waals surface area contributed by atoms with Crippen molar-refractivity contribution in [3.8, 4) is 0 Å². The van der Waals surface area contributed by atoms with Gasteiger partial charge in [-0.25, -0.2) is 0 Å². The molecule has 6 N–H and O–H groups in total. The first-order chi connectivity index (χ1) is 15.8. The summed E-state index contributed by atoms with van der Waals surface area (Å²) in [5.41, 5.74) is 12.4. The highest BCUT2D eigenvalue weighted by Gasteiger charge is 2.40. The molecule has 33 heavy (non-hydrogen) atoms. The van der Waals surface area contributed by atoms with Gasteiger partial charge in [-0.2, -0.15) is 0 Å². The van der Waals surface area contributed by atoms with E-state index in [2.05, 4.69) is 41.6 Å². The number of aliphatic imine (C=N–C) groups is 2. The van der Waals surface area contributed by atoms with E-state index in [1.807, 2.05) is 6.21 Å². The molecule has 3 heterocycles. The molecular formula is C24H41ClN6O2. The highest BCUT2D eigenvalue weighted by atomic mass is 35.5. The number of nitrogens with one attached hydrogen (secondary N) is 2. The zero-order valence-electron chi connectivity index (χ0n) is 20.0. The molecule has 8 nitrogen and oxygen atoms in total. The van der Waals surface area contributed by atoms with Crippen LogP contribution in [-0.4, -0.2) is 73.8 Å². The first kappa shape index (κ1) is 26.3. The maximum absolute atomic E-state index is 13.5. The second-order valence-corrected chi connectivity index (χ2v) is 10.5. The van der Waals surface area contributed by atoms with E-state index in [0.717, 1.165) is 45.2 Å². The number of hydrogen-bond acceptors (Lipinski definition) is 7. The molecule has 1 amide bonds. The lowest BCUT2D eigenvalue weighted by atomic mass is 9.72. The molecule has 0 bridgehead atoms. The van der Waals surface area contributed by atoms with Crippen LogP contribution >= 0.6 is 11.6 Å². The van der Waals surface area contributed by atoms with Crippen LogP contribution in [0.4, 0.5) is 0 Å². The maximum atomic E-state index is 13.5. The minimum Gasteiger partial charge on any atom is -0.367 e. The number of ether oxygens (including phenoxy) is 1. The Labute approximate surface area is 203 Å². The molecule has 0 saturated carbocycles. The van der Waals surface area contributed by atoms with Gasteiger partial charge in [0.15, 0.2) is 0 Å². The summed E-state index contributed by atoms with van der Waals surface area (Å²) in [5.74, 6) is -0.840. The molecule has 0 aromatic rings. The molecule has 0 aliphatic carbocycles. The molecule has 9 heteroatoms. The van der Waals surface area contributed by atoms with Gasteiger partial charge in [0.2, 0.25) is 5.91 Å². The van der Waals surface area contributed by atoms with Crippen molar-refractivity contribution in [3.05, 3.63) is 12.2 Å².